The maximum absolute atomic E-state index is 13.6. The number of aromatic hydroxyl groups is 2. The second kappa shape index (κ2) is 9.14. The second-order valence-corrected chi connectivity index (χ2v) is 10.1. The lowest BCUT2D eigenvalue weighted by Gasteiger charge is -2.42. The summed E-state index contributed by atoms with van der Waals surface area (Å²) in [5.41, 5.74) is 2.97. The zero-order valence-electron chi connectivity index (χ0n) is 21.1. The van der Waals surface area contributed by atoms with Crippen molar-refractivity contribution < 1.29 is 49.0 Å². The SMILES string of the molecule is COc1cccc2c1C(=O)c1c(O)c3c(c(O)c1C2=O)CC(O)(C(C)=O)C[C@@H]3O[C@@H]1C[C@H](N)[C@H](O)[C@H](C)O1. The van der Waals surface area contributed by atoms with Crippen molar-refractivity contribution in [2.24, 2.45) is 5.73 Å². The fourth-order valence-electron chi connectivity index (χ4n) is 5.66. The van der Waals surface area contributed by atoms with Gasteiger partial charge in [0, 0.05) is 42.0 Å². The van der Waals surface area contributed by atoms with Crippen molar-refractivity contribution in [3.63, 3.8) is 0 Å². The molecule has 1 fully saturated rings. The van der Waals surface area contributed by atoms with Gasteiger partial charge in [0.2, 0.25) is 5.78 Å². The Morgan fingerprint density at radius 2 is 1.82 bits per heavy atom. The molecule has 11 heteroatoms. The molecule has 0 aromatic heterocycles. The molecule has 2 aromatic rings. The number of benzene rings is 2. The van der Waals surface area contributed by atoms with Crippen LogP contribution in [0.3, 0.4) is 0 Å². The zero-order chi connectivity index (χ0) is 27.7. The number of nitrogens with two attached hydrogens (primary N) is 1. The topological polar surface area (TPSA) is 186 Å². The molecular formula is C27H29NO10. The lowest BCUT2D eigenvalue weighted by atomic mass is 9.72. The third-order valence-corrected chi connectivity index (χ3v) is 7.80. The van der Waals surface area contributed by atoms with Crippen molar-refractivity contribution >= 4 is 17.3 Å². The molecule has 6 N–H and O–H groups in total. The normalized spacial score (nSPS) is 30.3. The average molecular weight is 528 g/mol. The van der Waals surface area contributed by atoms with Gasteiger partial charge in [-0.05, 0) is 19.9 Å². The van der Waals surface area contributed by atoms with Gasteiger partial charge in [-0.1, -0.05) is 12.1 Å². The Balaban J connectivity index is 1.68. The maximum atomic E-state index is 13.6. The van der Waals surface area contributed by atoms with Crippen LogP contribution in [-0.2, 0) is 20.7 Å². The van der Waals surface area contributed by atoms with Crippen molar-refractivity contribution in [3.8, 4) is 17.2 Å². The highest BCUT2D eigenvalue weighted by atomic mass is 16.7. The van der Waals surface area contributed by atoms with E-state index in [1.165, 1.54) is 32.2 Å². The quantitative estimate of drug-likeness (QED) is 0.305. The van der Waals surface area contributed by atoms with E-state index < -0.39 is 82.6 Å². The fourth-order valence-corrected chi connectivity index (χ4v) is 5.66. The molecule has 38 heavy (non-hydrogen) atoms. The molecule has 3 aliphatic rings. The molecule has 1 unspecified atom stereocenters. The minimum Gasteiger partial charge on any atom is -0.507 e. The van der Waals surface area contributed by atoms with Crippen LogP contribution in [0.2, 0.25) is 0 Å². The molecule has 0 amide bonds. The summed E-state index contributed by atoms with van der Waals surface area (Å²) in [6.45, 7) is 2.79. The minimum atomic E-state index is -2.00. The van der Waals surface area contributed by atoms with Crippen LogP contribution in [0, 0.1) is 0 Å². The van der Waals surface area contributed by atoms with E-state index in [0.29, 0.717) is 0 Å². The third kappa shape index (κ3) is 3.81. The predicted octanol–water partition coefficient (Wildman–Crippen LogP) is 1.03. The number of rotatable bonds is 4. The number of fused-ring (bicyclic) bond motifs is 3. The highest BCUT2D eigenvalue weighted by molar-refractivity contribution is 6.31. The first kappa shape index (κ1) is 26.3. The van der Waals surface area contributed by atoms with Crippen molar-refractivity contribution in [1.29, 1.82) is 0 Å². The number of phenolic OH excluding ortho intramolecular Hbond substituents is 2. The molecule has 2 aliphatic carbocycles. The summed E-state index contributed by atoms with van der Waals surface area (Å²) in [4.78, 5) is 39.6. The molecule has 0 bridgehead atoms. The number of hydrogen-bond donors (Lipinski definition) is 5. The number of carbonyl (C=O) groups excluding carboxylic acids is 3. The van der Waals surface area contributed by atoms with E-state index in [1.807, 2.05) is 0 Å². The first-order valence-corrected chi connectivity index (χ1v) is 12.2. The standard InChI is InChI=1S/C27H29NO10/c1-10-22(30)14(28)7-17(37-10)38-16-9-27(35,11(2)29)8-13-19(16)26(34)21-20(24(13)32)23(31)12-5-4-6-15(36-3)18(12)25(21)33/h4-6,10,14,16-17,22,30,32,34-35H,7-9,28H2,1-3H3/t10-,14-,16-,17+,22+,27?/m0/s1. The maximum Gasteiger partial charge on any atom is 0.202 e. The second-order valence-electron chi connectivity index (χ2n) is 10.1. The molecule has 202 valence electrons. The van der Waals surface area contributed by atoms with Crippen LogP contribution in [0.25, 0.3) is 0 Å². The first-order valence-electron chi connectivity index (χ1n) is 12.2. The minimum absolute atomic E-state index is 0.0147. The van der Waals surface area contributed by atoms with E-state index in [0.717, 1.165) is 0 Å². The zero-order valence-corrected chi connectivity index (χ0v) is 21.1. The number of ketones is 3. The molecule has 5 rings (SSSR count). The van der Waals surface area contributed by atoms with Gasteiger partial charge >= 0.3 is 0 Å². The van der Waals surface area contributed by atoms with Crippen LogP contribution in [0.15, 0.2) is 18.2 Å². The van der Waals surface area contributed by atoms with Crippen molar-refractivity contribution in [3.05, 3.63) is 51.6 Å². The molecule has 11 nitrogen and oxygen atoms in total. The molecular weight excluding hydrogens is 498 g/mol. The van der Waals surface area contributed by atoms with E-state index in [2.05, 4.69) is 0 Å². The lowest BCUT2D eigenvalue weighted by molar-refractivity contribution is -0.247. The van der Waals surface area contributed by atoms with E-state index in [4.69, 9.17) is 19.9 Å². The van der Waals surface area contributed by atoms with Crippen molar-refractivity contribution in [2.45, 2.75) is 69.4 Å². The van der Waals surface area contributed by atoms with Crippen molar-refractivity contribution in [2.75, 3.05) is 7.11 Å². The molecule has 1 aliphatic heterocycles. The monoisotopic (exact) mass is 527 g/mol. The van der Waals surface area contributed by atoms with Crippen LogP contribution in [0.4, 0.5) is 0 Å². The highest BCUT2D eigenvalue weighted by Crippen LogP contribution is 2.52. The summed E-state index contributed by atoms with van der Waals surface area (Å²) in [7, 11) is 1.34. The lowest BCUT2D eigenvalue weighted by Crippen LogP contribution is -2.52. The summed E-state index contributed by atoms with van der Waals surface area (Å²) in [6, 6.07) is 3.75. The Labute approximate surface area is 217 Å². The number of hydrogen-bond acceptors (Lipinski definition) is 11. The van der Waals surface area contributed by atoms with Gasteiger partial charge in [-0.3, -0.25) is 14.4 Å². The number of methoxy groups -OCH3 is 1. The molecule has 2 aromatic carbocycles. The van der Waals surface area contributed by atoms with Crippen LogP contribution in [0.1, 0.15) is 75.8 Å². The molecule has 0 saturated carbocycles. The summed E-state index contributed by atoms with van der Waals surface area (Å²) >= 11 is 0. The summed E-state index contributed by atoms with van der Waals surface area (Å²) in [5.74, 6) is -3.18. The number of aliphatic hydroxyl groups excluding tert-OH is 1. The van der Waals surface area contributed by atoms with Gasteiger partial charge in [0.15, 0.2) is 17.9 Å². The van der Waals surface area contributed by atoms with E-state index >= 15 is 0 Å². The Morgan fingerprint density at radius 3 is 2.45 bits per heavy atom. The first-order chi connectivity index (χ1) is 17.9. The number of ether oxygens (including phenoxy) is 3. The van der Waals surface area contributed by atoms with Crippen LogP contribution >= 0.6 is 0 Å². The number of carbonyl (C=O) groups is 3. The van der Waals surface area contributed by atoms with Gasteiger partial charge < -0.3 is 40.4 Å². The molecule has 1 saturated heterocycles. The average Bonchev–Trinajstić information content (AvgIpc) is 2.87. The Kier molecular flexibility index (Phi) is 6.32. The largest absolute Gasteiger partial charge is 0.507 e. The molecule has 0 radical (unpaired) electrons. The van der Waals surface area contributed by atoms with Crippen molar-refractivity contribution in [1.82, 2.24) is 0 Å². The summed E-state index contributed by atoms with van der Waals surface area (Å²) in [6.07, 6.45) is -4.53. The van der Waals surface area contributed by atoms with E-state index in [-0.39, 0.29) is 40.8 Å². The van der Waals surface area contributed by atoms with E-state index in [9.17, 15) is 34.8 Å². The Bertz CT molecular complexity index is 1360. The smallest absolute Gasteiger partial charge is 0.202 e. The van der Waals surface area contributed by atoms with Crippen LogP contribution in [-0.4, -0.2) is 75.0 Å². The Hall–Kier alpha value is -3.35. The summed E-state index contributed by atoms with van der Waals surface area (Å²) < 4.78 is 17.1. The molecule has 0 spiro atoms. The van der Waals surface area contributed by atoms with Gasteiger partial charge in [0.1, 0.15) is 22.8 Å². The summed E-state index contributed by atoms with van der Waals surface area (Å²) in [5, 5.41) is 44.1. The highest BCUT2D eigenvalue weighted by Gasteiger charge is 2.49. The van der Waals surface area contributed by atoms with Gasteiger partial charge in [-0.15, -0.1) is 0 Å². The Morgan fingerprint density at radius 1 is 1.13 bits per heavy atom. The molecule has 1 heterocycles. The van der Waals surface area contributed by atoms with Gasteiger partial charge in [-0.25, -0.2) is 0 Å². The fraction of sp³-hybridized carbons (Fsp3) is 0.444. The van der Waals surface area contributed by atoms with Gasteiger partial charge in [-0.2, -0.15) is 0 Å². The number of phenols is 2. The van der Waals surface area contributed by atoms with Crippen LogP contribution in [0.5, 0.6) is 17.2 Å². The number of Topliss-reactive ketones (excluding diaryl/α,β-unsaturated/α-hetero) is 1. The third-order valence-electron chi connectivity index (χ3n) is 7.80. The predicted molar refractivity (Wildman–Crippen MR) is 130 cm³/mol. The van der Waals surface area contributed by atoms with Gasteiger partial charge in [0.05, 0.1) is 42.1 Å². The number of aliphatic hydroxyl groups is 2. The van der Waals surface area contributed by atoms with Crippen LogP contribution < -0.4 is 10.5 Å². The molecule has 6 atom stereocenters. The van der Waals surface area contributed by atoms with E-state index in [1.54, 1.807) is 6.92 Å². The van der Waals surface area contributed by atoms with Gasteiger partial charge in [0.25, 0.3) is 0 Å².